The Labute approximate surface area is 132 Å². The van der Waals surface area contributed by atoms with Gasteiger partial charge < -0.3 is 5.32 Å². The van der Waals surface area contributed by atoms with Gasteiger partial charge in [-0.15, -0.1) is 0 Å². The van der Waals surface area contributed by atoms with E-state index >= 15 is 0 Å². The molecule has 21 heavy (non-hydrogen) atoms. The summed E-state index contributed by atoms with van der Waals surface area (Å²) in [5.41, 5.74) is 0.917. The lowest BCUT2D eigenvalue weighted by Crippen LogP contribution is -2.28. The molecule has 4 nitrogen and oxygen atoms in total. The third-order valence-corrected chi connectivity index (χ3v) is 5.88. The molecule has 0 spiro atoms. The largest absolute Gasteiger partial charge is 0.313 e. The van der Waals surface area contributed by atoms with Crippen molar-refractivity contribution in [2.24, 2.45) is 5.92 Å². The fourth-order valence-corrected chi connectivity index (χ4v) is 3.99. The molecule has 1 aromatic rings. The topological polar surface area (TPSA) is 58.2 Å². The summed E-state index contributed by atoms with van der Waals surface area (Å²) in [5.74, 6) is 0.684. The van der Waals surface area contributed by atoms with Crippen LogP contribution < -0.4 is 10.0 Å². The van der Waals surface area contributed by atoms with E-state index in [1.807, 2.05) is 13.0 Å². The highest BCUT2D eigenvalue weighted by atomic mass is 35.5. The lowest BCUT2D eigenvalue weighted by atomic mass is 9.83. The van der Waals surface area contributed by atoms with Crippen LogP contribution in [-0.2, 0) is 16.6 Å². The monoisotopic (exact) mass is 330 g/mol. The van der Waals surface area contributed by atoms with E-state index in [4.69, 9.17) is 11.6 Å². The predicted molar refractivity (Wildman–Crippen MR) is 86.0 cm³/mol. The highest BCUT2D eigenvalue weighted by Gasteiger charge is 2.21. The van der Waals surface area contributed by atoms with Gasteiger partial charge >= 0.3 is 0 Å². The third kappa shape index (κ3) is 4.68. The number of nitrogens with one attached hydrogen (secondary N) is 2. The van der Waals surface area contributed by atoms with E-state index in [2.05, 4.69) is 10.0 Å². The van der Waals surface area contributed by atoms with Crippen LogP contribution in [0.2, 0.25) is 5.02 Å². The Bertz CT molecular complexity index is 571. The summed E-state index contributed by atoms with van der Waals surface area (Å²) in [6.07, 6.45) is 4.63. The van der Waals surface area contributed by atoms with E-state index in [1.54, 1.807) is 12.1 Å². The zero-order chi connectivity index (χ0) is 15.3. The number of halogens is 1. The van der Waals surface area contributed by atoms with Crippen LogP contribution in [0.3, 0.4) is 0 Å². The minimum absolute atomic E-state index is 0.174. The maximum atomic E-state index is 12.4. The Morgan fingerprint density at radius 3 is 2.71 bits per heavy atom. The molecule has 0 heterocycles. The smallest absolute Gasteiger partial charge is 0.242 e. The maximum Gasteiger partial charge on any atom is 0.242 e. The summed E-state index contributed by atoms with van der Waals surface area (Å²) in [6.45, 7) is 3.97. The molecular formula is C15H23ClN2O2S. The van der Waals surface area contributed by atoms with Crippen LogP contribution in [0.25, 0.3) is 0 Å². The van der Waals surface area contributed by atoms with Crippen molar-refractivity contribution in [2.75, 3.05) is 13.1 Å². The van der Waals surface area contributed by atoms with Gasteiger partial charge in [0.05, 0.1) is 5.02 Å². The first-order valence-electron chi connectivity index (χ1n) is 7.51. The van der Waals surface area contributed by atoms with Crippen molar-refractivity contribution >= 4 is 21.6 Å². The Balaban J connectivity index is 2.02. The second-order valence-corrected chi connectivity index (χ2v) is 7.67. The molecule has 0 saturated heterocycles. The summed E-state index contributed by atoms with van der Waals surface area (Å²) >= 11 is 6.06. The van der Waals surface area contributed by atoms with Gasteiger partial charge in [-0.05, 0) is 36.6 Å². The average molecular weight is 331 g/mol. The van der Waals surface area contributed by atoms with Gasteiger partial charge in [-0.2, -0.15) is 0 Å². The molecule has 1 aliphatic rings. The predicted octanol–water partition coefficient (Wildman–Crippen LogP) is 2.92. The van der Waals surface area contributed by atoms with Crippen LogP contribution >= 0.6 is 11.6 Å². The standard InChI is InChI=1S/C15H23ClN2O2S/c1-2-17-11-13-6-7-14(16)15(10-13)21(19,20)18-9-8-12-4-3-5-12/h6-7,10,12,17-18H,2-5,8-9,11H2,1H3. The Hall–Kier alpha value is -0.620. The van der Waals surface area contributed by atoms with Crippen LogP contribution in [0.15, 0.2) is 23.1 Å². The van der Waals surface area contributed by atoms with Crippen molar-refractivity contribution in [2.45, 2.75) is 44.0 Å². The number of hydrogen-bond donors (Lipinski definition) is 2. The van der Waals surface area contributed by atoms with Crippen LogP contribution in [0.5, 0.6) is 0 Å². The maximum absolute atomic E-state index is 12.4. The van der Waals surface area contributed by atoms with E-state index in [1.165, 1.54) is 19.3 Å². The zero-order valence-electron chi connectivity index (χ0n) is 12.4. The lowest BCUT2D eigenvalue weighted by molar-refractivity contribution is 0.297. The van der Waals surface area contributed by atoms with Crippen LogP contribution in [-0.4, -0.2) is 21.5 Å². The van der Waals surface area contributed by atoms with Gasteiger partial charge in [-0.3, -0.25) is 0 Å². The van der Waals surface area contributed by atoms with Crippen LogP contribution in [0.1, 0.15) is 38.2 Å². The first kappa shape index (κ1) is 16.7. The molecule has 0 bridgehead atoms. The molecule has 0 aliphatic heterocycles. The van der Waals surface area contributed by atoms with E-state index in [0.717, 1.165) is 18.5 Å². The van der Waals surface area contributed by atoms with Crippen molar-refractivity contribution in [1.29, 1.82) is 0 Å². The third-order valence-electron chi connectivity index (χ3n) is 3.93. The number of rotatable bonds is 8. The van der Waals surface area contributed by atoms with Crippen molar-refractivity contribution in [1.82, 2.24) is 10.0 Å². The number of sulfonamides is 1. The molecule has 0 aromatic heterocycles. The summed E-state index contributed by atoms with van der Waals surface area (Å²) < 4.78 is 27.4. The minimum Gasteiger partial charge on any atom is -0.313 e. The minimum atomic E-state index is -3.53. The van der Waals surface area contributed by atoms with Crippen LogP contribution in [0, 0.1) is 5.92 Å². The van der Waals surface area contributed by atoms with Crippen molar-refractivity contribution < 1.29 is 8.42 Å². The molecule has 0 amide bonds. The van der Waals surface area contributed by atoms with Gasteiger partial charge in [0.2, 0.25) is 10.0 Å². The van der Waals surface area contributed by atoms with E-state index in [-0.39, 0.29) is 9.92 Å². The second kappa shape index (κ2) is 7.58. The van der Waals surface area contributed by atoms with Crippen molar-refractivity contribution in [3.8, 4) is 0 Å². The fourth-order valence-electron chi connectivity index (χ4n) is 2.39. The first-order chi connectivity index (χ1) is 10.0. The lowest BCUT2D eigenvalue weighted by Gasteiger charge is -2.25. The van der Waals surface area contributed by atoms with Crippen LogP contribution in [0.4, 0.5) is 0 Å². The quantitative estimate of drug-likeness (QED) is 0.770. The second-order valence-electron chi connectivity index (χ2n) is 5.53. The number of hydrogen-bond acceptors (Lipinski definition) is 3. The van der Waals surface area contributed by atoms with Gasteiger partial charge in [0.1, 0.15) is 4.90 Å². The Morgan fingerprint density at radius 2 is 2.10 bits per heavy atom. The Kier molecular flexibility index (Phi) is 6.05. The van der Waals surface area contributed by atoms with E-state index in [9.17, 15) is 8.42 Å². The first-order valence-corrected chi connectivity index (χ1v) is 9.38. The van der Waals surface area contributed by atoms with E-state index in [0.29, 0.717) is 19.0 Å². The Morgan fingerprint density at radius 1 is 1.33 bits per heavy atom. The highest BCUT2D eigenvalue weighted by Crippen LogP contribution is 2.29. The molecule has 1 saturated carbocycles. The highest BCUT2D eigenvalue weighted by molar-refractivity contribution is 7.89. The molecule has 1 fully saturated rings. The zero-order valence-corrected chi connectivity index (χ0v) is 13.9. The summed E-state index contributed by atoms with van der Waals surface area (Å²) in [4.78, 5) is 0.174. The molecular weight excluding hydrogens is 308 g/mol. The average Bonchev–Trinajstić information content (AvgIpc) is 2.40. The molecule has 0 radical (unpaired) electrons. The fraction of sp³-hybridized carbons (Fsp3) is 0.600. The SMILES string of the molecule is CCNCc1ccc(Cl)c(S(=O)(=O)NCCC2CCC2)c1. The van der Waals surface area contributed by atoms with Gasteiger partial charge in [0.15, 0.2) is 0 Å². The normalized spacial score (nSPS) is 15.9. The van der Waals surface area contributed by atoms with Gasteiger partial charge in [0.25, 0.3) is 0 Å². The number of benzene rings is 1. The molecule has 2 rings (SSSR count). The molecule has 2 N–H and O–H groups in total. The van der Waals surface area contributed by atoms with Gasteiger partial charge in [-0.25, -0.2) is 13.1 Å². The molecule has 118 valence electrons. The molecule has 1 aliphatic carbocycles. The summed E-state index contributed by atoms with van der Waals surface area (Å²) in [6, 6.07) is 5.14. The molecule has 6 heteroatoms. The van der Waals surface area contributed by atoms with Crippen molar-refractivity contribution in [3.63, 3.8) is 0 Å². The summed E-state index contributed by atoms with van der Waals surface area (Å²) in [5, 5.41) is 3.45. The molecule has 0 atom stereocenters. The van der Waals surface area contributed by atoms with E-state index < -0.39 is 10.0 Å². The van der Waals surface area contributed by atoms with Gasteiger partial charge in [-0.1, -0.05) is 43.9 Å². The molecule has 0 unspecified atom stereocenters. The van der Waals surface area contributed by atoms with Crippen molar-refractivity contribution in [3.05, 3.63) is 28.8 Å². The van der Waals surface area contributed by atoms with Gasteiger partial charge in [0, 0.05) is 13.1 Å². The summed E-state index contributed by atoms with van der Waals surface area (Å²) in [7, 11) is -3.53. The molecule has 1 aromatic carbocycles.